The van der Waals surface area contributed by atoms with Crippen LogP contribution >= 0.6 is 0 Å². The summed E-state index contributed by atoms with van der Waals surface area (Å²) >= 11 is 0. The molecule has 0 saturated carbocycles. The summed E-state index contributed by atoms with van der Waals surface area (Å²) < 4.78 is 5.23. The highest BCUT2D eigenvalue weighted by Crippen LogP contribution is 2.19. The first-order valence-corrected chi connectivity index (χ1v) is 8.50. The van der Waals surface area contributed by atoms with Crippen LogP contribution in [-0.2, 0) is 0 Å². The van der Waals surface area contributed by atoms with Crippen LogP contribution in [0.3, 0.4) is 0 Å². The third-order valence-electron chi connectivity index (χ3n) is 3.95. The molecular weight excluding hydrogens is 412 g/mol. The van der Waals surface area contributed by atoms with Gasteiger partial charge in [-0.1, -0.05) is 18.2 Å². The van der Waals surface area contributed by atoms with Crippen molar-refractivity contribution >= 4 is 29.5 Å². The summed E-state index contributed by atoms with van der Waals surface area (Å²) in [4.78, 5) is 59.4. The molecule has 0 aliphatic heterocycles. The van der Waals surface area contributed by atoms with Crippen LogP contribution in [0.15, 0.2) is 58.1 Å². The highest BCUT2D eigenvalue weighted by molar-refractivity contribution is 5.91. The average Bonchev–Trinajstić information content (AvgIpc) is 2.71. The molecule has 0 fully saturated rings. The molecule has 0 aliphatic rings. The van der Waals surface area contributed by atoms with Crippen molar-refractivity contribution in [1.29, 1.82) is 0 Å². The monoisotopic (exact) mass is 424 g/mol. The minimum atomic E-state index is -1.14. The normalized spacial score (nSPS) is 10.7. The lowest BCUT2D eigenvalue weighted by molar-refractivity contribution is -0.386. The smallest absolute Gasteiger partial charge is 0.357 e. The number of non-ortho nitro benzene ring substituents is 1. The Hall–Kier alpha value is -4.87. The van der Waals surface area contributed by atoms with E-state index < -0.39 is 32.8 Å². The Morgan fingerprint density at radius 1 is 0.935 bits per heavy atom. The molecular formula is C19H12N4O8. The first-order chi connectivity index (χ1) is 14.7. The van der Waals surface area contributed by atoms with Gasteiger partial charge in [-0.25, -0.2) is 9.59 Å². The lowest BCUT2D eigenvalue weighted by atomic mass is 10.1. The van der Waals surface area contributed by atoms with Crippen LogP contribution in [0.2, 0.25) is 0 Å². The van der Waals surface area contributed by atoms with Crippen LogP contribution in [-0.4, -0.2) is 25.8 Å². The van der Waals surface area contributed by atoms with Gasteiger partial charge in [0.1, 0.15) is 11.4 Å². The summed E-state index contributed by atoms with van der Waals surface area (Å²) in [5.41, 5.74) is -2.79. The molecule has 0 amide bonds. The zero-order valence-electron chi connectivity index (χ0n) is 15.4. The second-order valence-electron chi connectivity index (χ2n) is 6.03. The Balaban J connectivity index is 1.82. The largest absolute Gasteiger partial charge is 0.423 e. The van der Waals surface area contributed by atoms with E-state index in [2.05, 4.69) is 4.98 Å². The molecule has 2 aromatic carbocycles. The summed E-state index contributed by atoms with van der Waals surface area (Å²) in [7, 11) is 0. The van der Waals surface area contributed by atoms with Gasteiger partial charge in [0.15, 0.2) is 0 Å². The first kappa shape index (κ1) is 20.9. The van der Waals surface area contributed by atoms with Crippen molar-refractivity contribution in [3.63, 3.8) is 0 Å². The lowest BCUT2D eigenvalue weighted by Crippen LogP contribution is -2.25. The van der Waals surface area contributed by atoms with E-state index in [1.165, 1.54) is 48.6 Å². The lowest BCUT2D eigenvalue weighted by Gasteiger charge is -2.05. The molecule has 12 nitrogen and oxygen atoms in total. The van der Waals surface area contributed by atoms with E-state index in [0.717, 1.165) is 0 Å². The Bertz CT molecular complexity index is 1320. The molecule has 0 atom stereocenters. The van der Waals surface area contributed by atoms with Gasteiger partial charge in [0.25, 0.3) is 5.69 Å². The number of nitro benzene ring substituents is 1. The number of H-pyrrole nitrogens is 2. The second-order valence-corrected chi connectivity index (χ2v) is 6.03. The standard InChI is InChI=1S/C19H12N4O8/c24-17-16(23(29)30)15(20-19(26)21-17)9-4-11-2-1-3-14(10-11)31-18(25)12-5-7-13(8-6-12)22(27)28/h1-10H,(H2,20,21,24,26)/b9-4+. The van der Waals surface area contributed by atoms with E-state index >= 15 is 0 Å². The summed E-state index contributed by atoms with van der Waals surface area (Å²) in [6.45, 7) is 0. The number of hydrogen-bond donors (Lipinski definition) is 2. The summed E-state index contributed by atoms with van der Waals surface area (Å²) in [6.07, 6.45) is 2.55. The molecule has 0 saturated heterocycles. The molecule has 12 heteroatoms. The number of nitro groups is 2. The zero-order valence-corrected chi connectivity index (χ0v) is 15.4. The van der Waals surface area contributed by atoms with Crippen molar-refractivity contribution in [1.82, 2.24) is 9.97 Å². The average molecular weight is 424 g/mol. The van der Waals surface area contributed by atoms with Gasteiger partial charge in [0.2, 0.25) is 0 Å². The van der Waals surface area contributed by atoms with Gasteiger partial charge in [-0.3, -0.25) is 30.0 Å². The van der Waals surface area contributed by atoms with E-state index in [1.807, 2.05) is 0 Å². The molecule has 3 aromatic rings. The van der Waals surface area contributed by atoms with Crippen molar-refractivity contribution < 1.29 is 19.4 Å². The maximum atomic E-state index is 12.2. The molecule has 1 heterocycles. The number of aromatic nitrogens is 2. The van der Waals surface area contributed by atoms with Crippen LogP contribution in [0.5, 0.6) is 5.75 Å². The number of esters is 1. The van der Waals surface area contributed by atoms with Gasteiger partial charge in [-0.2, -0.15) is 0 Å². The number of ether oxygens (including phenoxy) is 1. The molecule has 156 valence electrons. The number of hydrogen-bond acceptors (Lipinski definition) is 8. The van der Waals surface area contributed by atoms with E-state index in [9.17, 15) is 34.6 Å². The van der Waals surface area contributed by atoms with E-state index in [1.54, 1.807) is 17.1 Å². The van der Waals surface area contributed by atoms with Crippen LogP contribution in [0.25, 0.3) is 12.2 Å². The van der Waals surface area contributed by atoms with Crippen LogP contribution in [0.1, 0.15) is 21.6 Å². The maximum absolute atomic E-state index is 12.2. The Morgan fingerprint density at radius 2 is 1.65 bits per heavy atom. The highest BCUT2D eigenvalue weighted by Gasteiger charge is 2.18. The third kappa shape index (κ3) is 4.95. The van der Waals surface area contributed by atoms with Crippen molar-refractivity contribution in [2.45, 2.75) is 0 Å². The predicted molar refractivity (Wildman–Crippen MR) is 108 cm³/mol. The molecule has 0 bridgehead atoms. The van der Waals surface area contributed by atoms with Gasteiger partial charge in [-0.05, 0) is 35.9 Å². The van der Waals surface area contributed by atoms with Crippen molar-refractivity contribution in [3.8, 4) is 5.75 Å². The van der Waals surface area contributed by atoms with Crippen molar-refractivity contribution in [3.05, 3.63) is 106 Å². The van der Waals surface area contributed by atoms with E-state index in [-0.39, 0.29) is 22.7 Å². The van der Waals surface area contributed by atoms with Crippen molar-refractivity contribution in [2.24, 2.45) is 0 Å². The number of rotatable bonds is 6. The molecule has 1 aromatic heterocycles. The highest BCUT2D eigenvalue weighted by atomic mass is 16.6. The minimum absolute atomic E-state index is 0.100. The maximum Gasteiger partial charge on any atom is 0.357 e. The molecule has 0 radical (unpaired) electrons. The fraction of sp³-hybridized carbons (Fsp3) is 0. The SMILES string of the molecule is O=C(Oc1cccc(/C=C/c2[nH]c(=O)[nH]c(=O)c2[N+](=O)[O-])c1)c1ccc([N+](=O)[O-])cc1. The number of aromatic amines is 2. The first-order valence-electron chi connectivity index (χ1n) is 8.50. The molecule has 3 rings (SSSR count). The molecule has 31 heavy (non-hydrogen) atoms. The number of nitrogens with one attached hydrogen (secondary N) is 2. The van der Waals surface area contributed by atoms with E-state index in [4.69, 9.17) is 4.74 Å². The van der Waals surface area contributed by atoms with E-state index in [0.29, 0.717) is 5.56 Å². The molecule has 2 N–H and O–H groups in total. The number of benzene rings is 2. The van der Waals surface area contributed by atoms with Crippen LogP contribution < -0.4 is 16.0 Å². The number of carbonyl (C=O) groups excluding carboxylic acids is 1. The number of carbonyl (C=O) groups is 1. The zero-order chi connectivity index (χ0) is 22.5. The van der Waals surface area contributed by atoms with Crippen LogP contribution in [0, 0.1) is 20.2 Å². The summed E-state index contributed by atoms with van der Waals surface area (Å²) in [5.74, 6) is -0.606. The van der Waals surface area contributed by atoms with Crippen molar-refractivity contribution in [2.75, 3.05) is 0 Å². The van der Waals surface area contributed by atoms with Gasteiger partial charge in [0, 0.05) is 12.1 Å². The second kappa shape index (κ2) is 8.65. The fourth-order valence-corrected chi connectivity index (χ4v) is 2.55. The number of nitrogens with zero attached hydrogens (tertiary/aromatic N) is 2. The molecule has 0 unspecified atom stereocenters. The molecule has 0 aliphatic carbocycles. The van der Waals surface area contributed by atoms with Gasteiger partial charge in [-0.15, -0.1) is 0 Å². The summed E-state index contributed by atoms with van der Waals surface area (Å²) in [5, 5.41) is 21.7. The van der Waals surface area contributed by atoms with Gasteiger partial charge >= 0.3 is 22.9 Å². The molecule has 0 spiro atoms. The summed E-state index contributed by atoms with van der Waals surface area (Å²) in [6, 6.07) is 10.9. The third-order valence-corrected chi connectivity index (χ3v) is 3.95. The topological polar surface area (TPSA) is 178 Å². The Morgan fingerprint density at radius 3 is 2.29 bits per heavy atom. The predicted octanol–water partition coefficient (Wildman–Crippen LogP) is 2.27. The van der Waals surface area contributed by atoms with Gasteiger partial charge < -0.3 is 9.72 Å². The van der Waals surface area contributed by atoms with Crippen LogP contribution in [0.4, 0.5) is 11.4 Å². The fourth-order valence-electron chi connectivity index (χ4n) is 2.55. The van der Waals surface area contributed by atoms with Gasteiger partial charge in [0.05, 0.1) is 15.4 Å². The Labute approximate surface area is 171 Å². The minimum Gasteiger partial charge on any atom is -0.423 e. The quantitative estimate of drug-likeness (QED) is 0.262. The Kier molecular flexibility index (Phi) is 5.82.